The number of hydrogen-bond donors (Lipinski definition) is 0. The molecule has 0 N–H and O–H groups in total. The van der Waals surface area contributed by atoms with E-state index in [-0.39, 0.29) is 16.7 Å². The summed E-state index contributed by atoms with van der Waals surface area (Å²) in [6.45, 7) is 13.5. The predicted octanol–water partition coefficient (Wildman–Crippen LogP) is 5.54. The number of fused-ring (bicyclic) bond motifs is 1. The molecule has 2 aliphatic rings. The van der Waals surface area contributed by atoms with E-state index in [1.165, 1.54) is 21.7 Å². The molecule has 0 aromatic heterocycles. The summed E-state index contributed by atoms with van der Waals surface area (Å²) >= 11 is 1.03. The van der Waals surface area contributed by atoms with Gasteiger partial charge in [-0.15, -0.1) is 0 Å². The van der Waals surface area contributed by atoms with Crippen LogP contribution in [0.25, 0.3) is 11.6 Å². The molecule has 144 valence electrons. The molecule has 0 spiro atoms. The van der Waals surface area contributed by atoms with E-state index < -0.39 is 0 Å². The standard InChI is InChI=1S/C22H28N2O2S/c1-7-10-23-20(25)19(27-21(23)26)12-16-8-9-18-17(11-16)15(4)13-22(5,6)24(18)14(2)3/h8-9,11-14H,7,10H2,1-6H3/b19-12-. The van der Waals surface area contributed by atoms with Gasteiger partial charge in [-0.05, 0) is 82.1 Å². The minimum absolute atomic E-state index is 0.0461. The van der Waals surface area contributed by atoms with Crippen LogP contribution in [0.15, 0.2) is 29.2 Å². The Bertz CT molecular complexity index is 852. The Morgan fingerprint density at radius 1 is 1.22 bits per heavy atom. The molecule has 2 heterocycles. The van der Waals surface area contributed by atoms with Crippen molar-refractivity contribution in [1.29, 1.82) is 0 Å². The van der Waals surface area contributed by atoms with Gasteiger partial charge in [0, 0.05) is 23.8 Å². The molecule has 2 amide bonds. The number of amides is 2. The maximum atomic E-state index is 12.5. The van der Waals surface area contributed by atoms with E-state index >= 15 is 0 Å². The molecule has 1 fully saturated rings. The fourth-order valence-electron chi connectivity index (χ4n) is 4.17. The second-order valence-electron chi connectivity index (χ2n) is 8.05. The molecule has 2 aliphatic heterocycles. The van der Waals surface area contributed by atoms with Gasteiger partial charge in [-0.1, -0.05) is 19.1 Å². The van der Waals surface area contributed by atoms with Gasteiger partial charge in [-0.3, -0.25) is 14.5 Å². The molecule has 0 radical (unpaired) electrons. The van der Waals surface area contributed by atoms with Crippen LogP contribution in [0.5, 0.6) is 0 Å². The molecule has 27 heavy (non-hydrogen) atoms. The number of carbonyl (C=O) groups excluding carboxylic acids is 2. The van der Waals surface area contributed by atoms with Crippen LogP contribution in [-0.2, 0) is 4.79 Å². The van der Waals surface area contributed by atoms with E-state index in [0.29, 0.717) is 17.5 Å². The quantitative estimate of drug-likeness (QED) is 0.639. The van der Waals surface area contributed by atoms with E-state index in [1.807, 2.05) is 19.1 Å². The van der Waals surface area contributed by atoms with Crippen molar-refractivity contribution in [3.63, 3.8) is 0 Å². The average Bonchev–Trinajstić information content (AvgIpc) is 2.82. The van der Waals surface area contributed by atoms with Gasteiger partial charge in [0.1, 0.15) is 0 Å². The molecule has 1 saturated heterocycles. The number of carbonyl (C=O) groups is 2. The lowest BCUT2D eigenvalue weighted by molar-refractivity contribution is -0.122. The van der Waals surface area contributed by atoms with Crippen LogP contribution >= 0.6 is 11.8 Å². The monoisotopic (exact) mass is 384 g/mol. The maximum absolute atomic E-state index is 12.5. The molecular weight excluding hydrogens is 356 g/mol. The van der Waals surface area contributed by atoms with Crippen molar-refractivity contribution < 1.29 is 9.59 Å². The number of allylic oxidation sites excluding steroid dienone is 1. The third-order valence-corrected chi connectivity index (χ3v) is 5.94. The summed E-state index contributed by atoms with van der Waals surface area (Å²) in [5.74, 6) is -0.179. The predicted molar refractivity (Wildman–Crippen MR) is 115 cm³/mol. The molecule has 0 saturated carbocycles. The smallest absolute Gasteiger partial charge is 0.293 e. The largest absolute Gasteiger partial charge is 0.360 e. The van der Waals surface area contributed by atoms with Gasteiger partial charge < -0.3 is 4.90 Å². The first-order valence-corrected chi connectivity index (χ1v) is 10.4. The number of thioether (sulfide) groups is 1. The summed E-state index contributed by atoms with van der Waals surface area (Å²) in [5, 5.41) is -0.171. The van der Waals surface area contributed by atoms with Crippen molar-refractivity contribution in [3.8, 4) is 0 Å². The number of rotatable bonds is 4. The van der Waals surface area contributed by atoms with Crippen molar-refractivity contribution in [2.45, 2.75) is 59.5 Å². The lowest BCUT2D eigenvalue weighted by Crippen LogP contribution is -2.49. The van der Waals surface area contributed by atoms with Crippen molar-refractivity contribution in [1.82, 2.24) is 4.90 Å². The Labute approximate surface area is 166 Å². The fourth-order valence-corrected chi connectivity index (χ4v) is 5.03. The average molecular weight is 385 g/mol. The van der Waals surface area contributed by atoms with Crippen LogP contribution in [-0.4, -0.2) is 34.2 Å². The summed E-state index contributed by atoms with van der Waals surface area (Å²) in [5.41, 5.74) is 4.54. The Hall–Kier alpha value is -2.01. The summed E-state index contributed by atoms with van der Waals surface area (Å²) in [6, 6.07) is 6.67. The fraction of sp³-hybridized carbons (Fsp3) is 0.455. The topological polar surface area (TPSA) is 40.6 Å². The van der Waals surface area contributed by atoms with E-state index in [0.717, 1.165) is 23.7 Å². The van der Waals surface area contributed by atoms with Gasteiger partial charge in [0.2, 0.25) is 0 Å². The molecule has 0 aliphatic carbocycles. The van der Waals surface area contributed by atoms with Crippen LogP contribution in [0, 0.1) is 0 Å². The molecule has 1 aromatic rings. The van der Waals surface area contributed by atoms with E-state index in [1.54, 1.807) is 0 Å². The van der Waals surface area contributed by atoms with Gasteiger partial charge in [0.05, 0.1) is 10.4 Å². The van der Waals surface area contributed by atoms with Crippen molar-refractivity contribution in [3.05, 3.63) is 40.3 Å². The zero-order chi connectivity index (χ0) is 19.9. The van der Waals surface area contributed by atoms with Crippen LogP contribution < -0.4 is 4.90 Å². The van der Waals surface area contributed by atoms with Crippen LogP contribution in [0.2, 0.25) is 0 Å². The highest BCUT2D eigenvalue weighted by Crippen LogP contribution is 2.41. The number of benzene rings is 1. The second kappa shape index (κ2) is 7.19. The Morgan fingerprint density at radius 3 is 2.56 bits per heavy atom. The first-order valence-electron chi connectivity index (χ1n) is 9.54. The maximum Gasteiger partial charge on any atom is 0.293 e. The van der Waals surface area contributed by atoms with Gasteiger partial charge in [-0.25, -0.2) is 0 Å². The third-order valence-electron chi connectivity index (χ3n) is 5.03. The third kappa shape index (κ3) is 3.57. The highest BCUT2D eigenvalue weighted by Gasteiger charge is 2.35. The molecule has 3 rings (SSSR count). The Balaban J connectivity index is 1.99. The normalized spacial score (nSPS) is 20.6. The number of imide groups is 1. The van der Waals surface area contributed by atoms with Crippen molar-refractivity contribution >= 4 is 40.2 Å². The van der Waals surface area contributed by atoms with Gasteiger partial charge in [0.15, 0.2) is 0 Å². The zero-order valence-corrected chi connectivity index (χ0v) is 17.8. The Morgan fingerprint density at radius 2 is 1.93 bits per heavy atom. The zero-order valence-electron chi connectivity index (χ0n) is 17.0. The van der Waals surface area contributed by atoms with Crippen molar-refractivity contribution in [2.75, 3.05) is 11.4 Å². The number of nitrogens with zero attached hydrogens (tertiary/aromatic N) is 2. The number of hydrogen-bond acceptors (Lipinski definition) is 4. The molecule has 5 heteroatoms. The highest BCUT2D eigenvalue weighted by molar-refractivity contribution is 8.18. The summed E-state index contributed by atoms with van der Waals surface area (Å²) < 4.78 is 0. The first kappa shape index (κ1) is 19.7. The van der Waals surface area contributed by atoms with E-state index in [4.69, 9.17) is 0 Å². The van der Waals surface area contributed by atoms with Crippen LogP contribution in [0.3, 0.4) is 0 Å². The lowest BCUT2D eigenvalue weighted by Gasteiger charge is -2.46. The molecule has 1 aromatic carbocycles. The number of anilines is 1. The van der Waals surface area contributed by atoms with Crippen molar-refractivity contribution in [2.24, 2.45) is 0 Å². The van der Waals surface area contributed by atoms with Crippen LogP contribution in [0.4, 0.5) is 10.5 Å². The second-order valence-corrected chi connectivity index (χ2v) is 9.05. The van der Waals surface area contributed by atoms with Gasteiger partial charge in [0.25, 0.3) is 11.1 Å². The molecule has 0 unspecified atom stereocenters. The summed E-state index contributed by atoms with van der Waals surface area (Å²) in [4.78, 5) is 28.8. The molecule has 4 nitrogen and oxygen atoms in total. The molecule has 0 atom stereocenters. The SMILES string of the molecule is CCCN1C(=O)S/C(=C\c2ccc3c(c2)C(C)=CC(C)(C)N3C(C)C)C1=O. The minimum atomic E-state index is -0.179. The first-order chi connectivity index (χ1) is 12.7. The van der Waals surface area contributed by atoms with Gasteiger partial charge in [-0.2, -0.15) is 0 Å². The molecule has 0 bridgehead atoms. The van der Waals surface area contributed by atoms with Gasteiger partial charge >= 0.3 is 0 Å². The lowest BCUT2D eigenvalue weighted by atomic mass is 9.87. The summed E-state index contributed by atoms with van der Waals surface area (Å²) in [7, 11) is 0. The van der Waals surface area contributed by atoms with Crippen LogP contribution in [0.1, 0.15) is 59.1 Å². The Kier molecular flexibility index (Phi) is 5.26. The van der Waals surface area contributed by atoms with E-state index in [9.17, 15) is 9.59 Å². The van der Waals surface area contributed by atoms with E-state index in [2.05, 4.69) is 57.7 Å². The summed E-state index contributed by atoms with van der Waals surface area (Å²) in [6.07, 6.45) is 4.91. The highest BCUT2D eigenvalue weighted by atomic mass is 32.2. The molecular formula is C22H28N2O2S. The minimum Gasteiger partial charge on any atom is -0.360 e.